The molecule has 13 heavy (non-hydrogen) atoms. The molecule has 2 nitrogen and oxygen atoms in total. The van der Waals surface area contributed by atoms with E-state index in [1.165, 1.54) is 0 Å². The third-order valence-corrected chi connectivity index (χ3v) is 3.61. The number of carboxylic acid groups (broad SMARTS) is 1. The normalized spacial score (nSPS) is 19.9. The average Bonchev–Trinajstić information content (AvgIpc) is 2.48. The van der Waals surface area contributed by atoms with Crippen molar-refractivity contribution in [1.29, 1.82) is 0 Å². The van der Waals surface area contributed by atoms with E-state index in [0.29, 0.717) is 11.5 Å². The van der Waals surface area contributed by atoms with E-state index in [4.69, 9.17) is 5.11 Å². The lowest BCUT2D eigenvalue weighted by Crippen LogP contribution is -2.03. The van der Waals surface area contributed by atoms with Crippen molar-refractivity contribution in [3.05, 3.63) is 29.3 Å². The van der Waals surface area contributed by atoms with E-state index in [-0.39, 0.29) is 0 Å². The van der Waals surface area contributed by atoms with E-state index >= 15 is 0 Å². The molecule has 1 N–H and O–H groups in total. The van der Waals surface area contributed by atoms with Crippen LogP contribution in [-0.2, 0) is 0 Å². The molecule has 1 heterocycles. The topological polar surface area (TPSA) is 37.3 Å². The number of fused-ring (bicyclic) bond motifs is 1. The van der Waals surface area contributed by atoms with Crippen molar-refractivity contribution >= 4 is 17.7 Å². The van der Waals surface area contributed by atoms with Gasteiger partial charge in [0.15, 0.2) is 0 Å². The smallest absolute Gasteiger partial charge is 0.336 e. The van der Waals surface area contributed by atoms with Crippen molar-refractivity contribution in [3.8, 4) is 0 Å². The number of benzene rings is 1. The first-order valence-electron chi connectivity index (χ1n) is 4.19. The van der Waals surface area contributed by atoms with E-state index in [1.807, 2.05) is 12.1 Å². The second-order valence-electron chi connectivity index (χ2n) is 3.23. The summed E-state index contributed by atoms with van der Waals surface area (Å²) < 4.78 is 0. The molecular weight excluding hydrogens is 184 g/mol. The quantitative estimate of drug-likeness (QED) is 0.746. The molecule has 1 aromatic rings. The van der Waals surface area contributed by atoms with Gasteiger partial charge in [-0.25, -0.2) is 4.79 Å². The predicted molar refractivity (Wildman–Crippen MR) is 52.5 cm³/mol. The van der Waals surface area contributed by atoms with Crippen LogP contribution in [0.1, 0.15) is 28.8 Å². The van der Waals surface area contributed by atoms with Gasteiger partial charge in [0.2, 0.25) is 0 Å². The summed E-state index contributed by atoms with van der Waals surface area (Å²) >= 11 is 1.74. The zero-order valence-corrected chi connectivity index (χ0v) is 8.10. The standard InChI is InChI=1S/C10H10O2S/c1-6-5-13-8-4-2-3-7(9(6)8)10(11)12/h2-4,6H,5H2,1H3,(H,11,12). The number of rotatable bonds is 1. The summed E-state index contributed by atoms with van der Waals surface area (Å²) in [5, 5.41) is 8.96. The summed E-state index contributed by atoms with van der Waals surface area (Å²) in [5.74, 6) is 0.554. The van der Waals surface area contributed by atoms with Crippen molar-refractivity contribution < 1.29 is 9.90 Å². The second kappa shape index (κ2) is 3.07. The minimum Gasteiger partial charge on any atom is -0.478 e. The molecule has 1 atom stereocenters. The number of hydrogen-bond acceptors (Lipinski definition) is 2. The van der Waals surface area contributed by atoms with Crippen LogP contribution in [0.15, 0.2) is 23.1 Å². The second-order valence-corrected chi connectivity index (χ2v) is 4.30. The van der Waals surface area contributed by atoms with Gasteiger partial charge in [-0.1, -0.05) is 13.0 Å². The predicted octanol–water partition coefficient (Wildman–Crippen LogP) is 2.59. The molecule has 2 rings (SSSR count). The summed E-state index contributed by atoms with van der Waals surface area (Å²) in [5.41, 5.74) is 1.48. The van der Waals surface area contributed by atoms with Gasteiger partial charge < -0.3 is 5.11 Å². The van der Waals surface area contributed by atoms with Crippen molar-refractivity contribution in [3.63, 3.8) is 0 Å². The highest BCUT2D eigenvalue weighted by molar-refractivity contribution is 7.99. The Morgan fingerprint density at radius 1 is 1.62 bits per heavy atom. The third-order valence-electron chi connectivity index (χ3n) is 2.28. The Morgan fingerprint density at radius 2 is 2.38 bits per heavy atom. The monoisotopic (exact) mass is 194 g/mol. The molecule has 0 saturated carbocycles. The zero-order valence-electron chi connectivity index (χ0n) is 7.28. The molecule has 0 radical (unpaired) electrons. The minimum absolute atomic E-state index is 0.368. The number of carboxylic acids is 1. The van der Waals surface area contributed by atoms with E-state index in [2.05, 4.69) is 6.92 Å². The molecule has 1 unspecified atom stereocenters. The van der Waals surface area contributed by atoms with Gasteiger partial charge in [-0.15, -0.1) is 11.8 Å². The molecule has 68 valence electrons. The van der Waals surface area contributed by atoms with E-state index < -0.39 is 5.97 Å². The summed E-state index contributed by atoms with van der Waals surface area (Å²) in [7, 11) is 0. The molecule has 0 bridgehead atoms. The van der Waals surface area contributed by atoms with Gasteiger partial charge in [-0.05, 0) is 23.6 Å². The fourth-order valence-electron chi connectivity index (χ4n) is 1.66. The lowest BCUT2D eigenvalue weighted by Gasteiger charge is -2.06. The minimum atomic E-state index is -0.814. The Hall–Kier alpha value is -0.960. The van der Waals surface area contributed by atoms with Gasteiger partial charge in [0, 0.05) is 10.6 Å². The highest BCUT2D eigenvalue weighted by Gasteiger charge is 2.24. The fraction of sp³-hybridized carbons (Fsp3) is 0.300. The largest absolute Gasteiger partial charge is 0.478 e. The average molecular weight is 194 g/mol. The van der Waals surface area contributed by atoms with Gasteiger partial charge in [0.1, 0.15) is 0 Å². The summed E-state index contributed by atoms with van der Waals surface area (Å²) in [6, 6.07) is 5.49. The lowest BCUT2D eigenvalue weighted by atomic mass is 9.97. The number of thioether (sulfide) groups is 1. The fourth-order valence-corrected chi connectivity index (χ4v) is 2.90. The SMILES string of the molecule is CC1CSc2cccc(C(=O)O)c21. The van der Waals surface area contributed by atoms with Gasteiger partial charge in [0.25, 0.3) is 0 Å². The van der Waals surface area contributed by atoms with Crippen LogP contribution in [0.3, 0.4) is 0 Å². The van der Waals surface area contributed by atoms with Gasteiger partial charge >= 0.3 is 5.97 Å². The number of carbonyl (C=O) groups is 1. The van der Waals surface area contributed by atoms with Gasteiger partial charge in [-0.3, -0.25) is 0 Å². The lowest BCUT2D eigenvalue weighted by molar-refractivity contribution is 0.0695. The van der Waals surface area contributed by atoms with Crippen LogP contribution in [0.4, 0.5) is 0 Å². The Labute approximate surface area is 81.0 Å². The van der Waals surface area contributed by atoms with Crippen molar-refractivity contribution in [2.75, 3.05) is 5.75 Å². The maximum absolute atomic E-state index is 10.9. The highest BCUT2D eigenvalue weighted by atomic mass is 32.2. The van der Waals surface area contributed by atoms with Crippen molar-refractivity contribution in [2.24, 2.45) is 0 Å². The molecule has 3 heteroatoms. The van der Waals surface area contributed by atoms with Crippen LogP contribution < -0.4 is 0 Å². The van der Waals surface area contributed by atoms with Crippen LogP contribution in [0.2, 0.25) is 0 Å². The van der Waals surface area contributed by atoms with E-state index in [9.17, 15) is 4.79 Å². The number of aromatic carboxylic acids is 1. The Balaban J connectivity index is 2.60. The molecule has 0 aromatic heterocycles. The summed E-state index contributed by atoms with van der Waals surface area (Å²) in [6.07, 6.45) is 0. The Bertz CT molecular complexity index is 360. The van der Waals surface area contributed by atoms with E-state index in [1.54, 1.807) is 17.8 Å². The van der Waals surface area contributed by atoms with Crippen LogP contribution in [0, 0.1) is 0 Å². The molecule has 1 aliphatic heterocycles. The van der Waals surface area contributed by atoms with E-state index in [0.717, 1.165) is 16.2 Å². The maximum Gasteiger partial charge on any atom is 0.336 e. The van der Waals surface area contributed by atoms with Gasteiger partial charge in [-0.2, -0.15) is 0 Å². The molecular formula is C10H10O2S. The Kier molecular flexibility index (Phi) is 2.04. The zero-order chi connectivity index (χ0) is 9.42. The molecule has 0 fully saturated rings. The third kappa shape index (κ3) is 1.33. The van der Waals surface area contributed by atoms with Gasteiger partial charge in [0.05, 0.1) is 5.56 Å². The molecule has 0 aliphatic carbocycles. The van der Waals surface area contributed by atoms with Crippen molar-refractivity contribution in [2.45, 2.75) is 17.7 Å². The Morgan fingerprint density at radius 3 is 3.08 bits per heavy atom. The summed E-state index contributed by atoms with van der Waals surface area (Å²) in [6.45, 7) is 2.07. The molecule has 0 amide bonds. The van der Waals surface area contributed by atoms with Crippen LogP contribution in [0.25, 0.3) is 0 Å². The first-order valence-corrected chi connectivity index (χ1v) is 5.17. The number of hydrogen-bond donors (Lipinski definition) is 1. The van der Waals surface area contributed by atoms with Crippen LogP contribution >= 0.6 is 11.8 Å². The summed E-state index contributed by atoms with van der Waals surface area (Å²) in [4.78, 5) is 12.0. The highest BCUT2D eigenvalue weighted by Crippen LogP contribution is 2.40. The molecule has 0 saturated heterocycles. The van der Waals surface area contributed by atoms with Crippen LogP contribution in [-0.4, -0.2) is 16.8 Å². The molecule has 0 spiro atoms. The van der Waals surface area contributed by atoms with Crippen molar-refractivity contribution in [1.82, 2.24) is 0 Å². The molecule has 1 aromatic carbocycles. The first-order chi connectivity index (χ1) is 6.20. The first kappa shape index (κ1) is 8.63. The maximum atomic E-state index is 10.9. The molecule has 1 aliphatic rings. The van der Waals surface area contributed by atoms with Crippen LogP contribution in [0.5, 0.6) is 0 Å².